The van der Waals surface area contributed by atoms with Crippen LogP contribution in [0.5, 0.6) is 0 Å². The molecule has 8 nitrogen and oxygen atoms in total. The van der Waals surface area contributed by atoms with Gasteiger partial charge in [-0.3, -0.25) is 9.80 Å². The highest BCUT2D eigenvalue weighted by Crippen LogP contribution is 2.38. The maximum Gasteiger partial charge on any atom is 0.317 e. The van der Waals surface area contributed by atoms with Gasteiger partial charge in [0.25, 0.3) is 5.92 Å². The van der Waals surface area contributed by atoms with Gasteiger partial charge in [0.2, 0.25) is 6.39 Å². The molecule has 0 bridgehead atoms. The van der Waals surface area contributed by atoms with E-state index in [-0.39, 0.29) is 23.9 Å². The lowest BCUT2D eigenvalue weighted by Gasteiger charge is -2.45. The van der Waals surface area contributed by atoms with Crippen LogP contribution in [-0.2, 0) is 5.41 Å². The lowest BCUT2D eigenvalue weighted by Crippen LogP contribution is -2.64. The van der Waals surface area contributed by atoms with Crippen molar-refractivity contribution in [3.63, 3.8) is 0 Å². The number of piperidine rings is 1. The molecule has 3 aliphatic rings. The second kappa shape index (κ2) is 9.44. The monoisotopic (exact) mass is 468 g/mol. The number of amides is 2. The van der Waals surface area contributed by atoms with Crippen molar-refractivity contribution >= 4 is 6.03 Å². The van der Waals surface area contributed by atoms with Gasteiger partial charge in [0, 0.05) is 56.1 Å². The van der Waals surface area contributed by atoms with Gasteiger partial charge in [-0.15, -0.1) is 0 Å². The highest BCUT2D eigenvalue weighted by molar-refractivity contribution is 5.75. The first kappa shape index (κ1) is 24.3. The fourth-order valence-corrected chi connectivity index (χ4v) is 5.72. The van der Waals surface area contributed by atoms with Gasteiger partial charge in [0.1, 0.15) is 6.04 Å². The van der Waals surface area contributed by atoms with E-state index in [1.165, 1.54) is 6.39 Å². The van der Waals surface area contributed by atoms with Crippen molar-refractivity contribution in [2.24, 2.45) is 0 Å². The Labute approximate surface area is 195 Å². The standard InChI is InChI=1S/C23H38F2N6O2/c1-16(2)31-11-7-17(14-31)29(4)18-6-5-8-23(24,25)19(18)27-21(32)30-12-9-22(3,10-13-30)20-26-15-33-28-20/h15-19H,5-14H2,1-4H3,(H,27,32)/t17-,18+,19-/m1/s1. The van der Waals surface area contributed by atoms with Crippen molar-refractivity contribution in [2.75, 3.05) is 33.2 Å². The van der Waals surface area contributed by atoms with E-state index < -0.39 is 18.0 Å². The van der Waals surface area contributed by atoms with Gasteiger partial charge >= 0.3 is 6.03 Å². The van der Waals surface area contributed by atoms with Gasteiger partial charge in [-0.25, -0.2) is 13.6 Å². The zero-order valence-electron chi connectivity index (χ0n) is 20.3. The van der Waals surface area contributed by atoms with E-state index in [4.69, 9.17) is 4.52 Å². The van der Waals surface area contributed by atoms with E-state index in [0.29, 0.717) is 50.6 Å². The number of halogens is 2. The predicted molar refractivity (Wildman–Crippen MR) is 120 cm³/mol. The number of aromatic nitrogens is 2. The summed E-state index contributed by atoms with van der Waals surface area (Å²) in [5.74, 6) is -2.28. The van der Waals surface area contributed by atoms with Crippen LogP contribution in [-0.4, -0.2) is 94.2 Å². The van der Waals surface area contributed by atoms with Gasteiger partial charge in [0.05, 0.1) is 0 Å². The molecule has 4 rings (SSSR count). The fraction of sp³-hybridized carbons (Fsp3) is 0.870. The number of urea groups is 1. The summed E-state index contributed by atoms with van der Waals surface area (Å²) in [5, 5.41) is 6.73. The average molecular weight is 469 g/mol. The summed E-state index contributed by atoms with van der Waals surface area (Å²) in [6.45, 7) is 9.21. The van der Waals surface area contributed by atoms with Crippen molar-refractivity contribution in [3.05, 3.63) is 12.2 Å². The number of alkyl halides is 2. The van der Waals surface area contributed by atoms with Crippen LogP contribution in [0.2, 0.25) is 0 Å². The minimum atomic E-state index is -2.92. The van der Waals surface area contributed by atoms with E-state index in [1.54, 1.807) is 4.90 Å². The molecule has 0 unspecified atom stereocenters. The number of likely N-dealkylation sites (N-methyl/N-ethyl adjacent to an activating group) is 1. The molecule has 1 aromatic heterocycles. The number of nitrogens with one attached hydrogen (secondary N) is 1. The van der Waals surface area contributed by atoms with Crippen LogP contribution in [0, 0.1) is 0 Å². The van der Waals surface area contributed by atoms with Crippen LogP contribution in [0.15, 0.2) is 10.9 Å². The molecular formula is C23H38F2N6O2. The molecule has 0 radical (unpaired) electrons. The molecule has 3 fully saturated rings. The van der Waals surface area contributed by atoms with Gasteiger partial charge in [-0.05, 0) is 53.0 Å². The Kier molecular flexibility index (Phi) is 6.96. The molecule has 2 aliphatic heterocycles. The fourth-order valence-electron chi connectivity index (χ4n) is 5.72. The van der Waals surface area contributed by atoms with Crippen molar-refractivity contribution in [3.8, 4) is 0 Å². The van der Waals surface area contributed by atoms with Crippen molar-refractivity contribution in [2.45, 2.75) is 94.8 Å². The predicted octanol–water partition coefficient (Wildman–Crippen LogP) is 3.10. The third-order valence-electron chi connectivity index (χ3n) is 8.21. The first-order chi connectivity index (χ1) is 15.6. The summed E-state index contributed by atoms with van der Waals surface area (Å²) in [6.07, 6.45) is 4.58. The van der Waals surface area contributed by atoms with Crippen molar-refractivity contribution in [1.29, 1.82) is 0 Å². The van der Waals surface area contributed by atoms with Gasteiger partial charge in [0.15, 0.2) is 5.82 Å². The molecule has 0 spiro atoms. The summed E-state index contributed by atoms with van der Waals surface area (Å²) in [7, 11) is 1.96. The average Bonchev–Trinajstić information content (AvgIpc) is 3.48. The summed E-state index contributed by atoms with van der Waals surface area (Å²) in [6, 6.07) is -1.27. The number of rotatable bonds is 5. The van der Waals surface area contributed by atoms with E-state index in [0.717, 1.165) is 19.5 Å². The Morgan fingerprint density at radius 2 is 1.97 bits per heavy atom. The normalized spacial score (nSPS) is 30.2. The van der Waals surface area contributed by atoms with Crippen LogP contribution in [0.1, 0.15) is 65.1 Å². The molecule has 0 aromatic carbocycles. The Balaban J connectivity index is 1.40. The summed E-state index contributed by atoms with van der Waals surface area (Å²) >= 11 is 0. The number of likely N-dealkylation sites (tertiary alicyclic amines) is 2. The van der Waals surface area contributed by atoms with E-state index >= 15 is 8.78 Å². The molecule has 1 saturated carbocycles. The smallest absolute Gasteiger partial charge is 0.317 e. The molecule has 1 aromatic rings. The number of hydrogen-bond acceptors (Lipinski definition) is 6. The first-order valence-corrected chi connectivity index (χ1v) is 12.3. The third kappa shape index (κ3) is 5.01. The summed E-state index contributed by atoms with van der Waals surface area (Å²) < 4.78 is 35.1. The minimum Gasteiger partial charge on any atom is -0.343 e. The van der Waals surface area contributed by atoms with Crippen LogP contribution >= 0.6 is 0 Å². The lowest BCUT2D eigenvalue weighted by atomic mass is 9.79. The van der Waals surface area contributed by atoms with Crippen LogP contribution < -0.4 is 5.32 Å². The zero-order valence-corrected chi connectivity index (χ0v) is 20.3. The molecule has 33 heavy (non-hydrogen) atoms. The van der Waals surface area contributed by atoms with Crippen LogP contribution in [0.25, 0.3) is 0 Å². The largest absolute Gasteiger partial charge is 0.343 e. The van der Waals surface area contributed by atoms with Crippen molar-refractivity contribution < 1.29 is 18.1 Å². The molecule has 3 atom stereocenters. The Morgan fingerprint density at radius 1 is 1.24 bits per heavy atom. The molecular weight excluding hydrogens is 430 g/mol. The molecule has 10 heteroatoms. The minimum absolute atomic E-state index is 0.180. The van der Waals surface area contributed by atoms with Crippen LogP contribution in [0.3, 0.4) is 0 Å². The van der Waals surface area contributed by atoms with Gasteiger partial charge in [-0.1, -0.05) is 12.1 Å². The van der Waals surface area contributed by atoms with Gasteiger partial charge < -0.3 is 14.7 Å². The molecule has 3 heterocycles. The highest BCUT2D eigenvalue weighted by Gasteiger charge is 2.51. The molecule has 186 valence electrons. The van der Waals surface area contributed by atoms with Gasteiger partial charge in [-0.2, -0.15) is 4.98 Å². The number of nitrogens with zero attached hydrogens (tertiary/aromatic N) is 5. The maximum absolute atomic E-state index is 15.1. The number of carbonyl (C=O) groups is 1. The Morgan fingerprint density at radius 3 is 2.58 bits per heavy atom. The highest BCUT2D eigenvalue weighted by atomic mass is 19.3. The summed E-state index contributed by atoms with van der Waals surface area (Å²) in [4.78, 5) is 23.4. The second-order valence-corrected chi connectivity index (χ2v) is 10.6. The second-order valence-electron chi connectivity index (χ2n) is 10.6. The van der Waals surface area contributed by atoms with Crippen LogP contribution in [0.4, 0.5) is 13.6 Å². The van der Waals surface area contributed by atoms with E-state index in [9.17, 15) is 4.79 Å². The molecule has 2 saturated heterocycles. The van der Waals surface area contributed by atoms with E-state index in [2.05, 4.69) is 46.0 Å². The third-order valence-corrected chi connectivity index (χ3v) is 8.21. The Hall–Kier alpha value is -1.81. The lowest BCUT2D eigenvalue weighted by molar-refractivity contribution is -0.0933. The molecule has 2 amide bonds. The summed E-state index contributed by atoms with van der Waals surface area (Å²) in [5.41, 5.74) is -0.272. The quantitative estimate of drug-likeness (QED) is 0.716. The number of hydrogen-bond donors (Lipinski definition) is 1. The molecule has 1 N–H and O–H groups in total. The van der Waals surface area contributed by atoms with E-state index in [1.807, 2.05) is 7.05 Å². The number of carbonyl (C=O) groups excluding carboxylic acids is 1. The first-order valence-electron chi connectivity index (χ1n) is 12.3. The molecule has 1 aliphatic carbocycles. The van der Waals surface area contributed by atoms with Crippen molar-refractivity contribution in [1.82, 2.24) is 30.2 Å². The SMILES string of the molecule is CC(C)N1CC[C@@H](N(C)[C@H]2CCCC(F)(F)[C@@H]2NC(=O)N2CCC(C)(c3ncon3)CC2)C1. The topological polar surface area (TPSA) is 77.7 Å². The zero-order chi connectivity index (χ0) is 23.8. The Bertz CT molecular complexity index is 797. The maximum atomic E-state index is 15.1.